The normalized spacial score (nSPS) is 9.15. The Morgan fingerprint density at radius 2 is 2.46 bits per heavy atom. The number of pyridine rings is 1. The number of ketones is 1. The van der Waals surface area contributed by atoms with Crippen molar-refractivity contribution in [1.82, 2.24) is 4.98 Å². The summed E-state index contributed by atoms with van der Waals surface area (Å²) < 4.78 is 0. The molecular formula is C11H11NO. The zero-order chi connectivity index (χ0) is 9.52. The average Bonchev–Trinajstić information content (AvgIpc) is 2.16. The van der Waals surface area contributed by atoms with Gasteiger partial charge in [0.1, 0.15) is 5.78 Å². The summed E-state index contributed by atoms with van der Waals surface area (Å²) in [7, 11) is 0. The van der Waals surface area contributed by atoms with Crippen molar-refractivity contribution in [3.8, 4) is 12.3 Å². The number of hydrogen-bond acceptors (Lipinski definition) is 2. The molecule has 0 aromatic carbocycles. The third-order valence-electron chi connectivity index (χ3n) is 1.67. The molecule has 1 aromatic rings. The lowest BCUT2D eigenvalue weighted by molar-refractivity contribution is -0.118. The lowest BCUT2D eigenvalue weighted by Gasteiger charge is -1.97. The van der Waals surface area contributed by atoms with Crippen molar-refractivity contribution >= 4 is 5.78 Å². The molecule has 0 aliphatic heterocycles. The highest BCUT2D eigenvalue weighted by Gasteiger charge is 2.01. The first-order chi connectivity index (χ1) is 6.33. The van der Waals surface area contributed by atoms with Gasteiger partial charge in [-0.2, -0.15) is 0 Å². The van der Waals surface area contributed by atoms with E-state index in [2.05, 4.69) is 10.9 Å². The second-order valence-electron chi connectivity index (χ2n) is 2.78. The highest BCUT2D eigenvalue weighted by Crippen LogP contribution is 2.00. The summed E-state index contributed by atoms with van der Waals surface area (Å²) >= 11 is 0. The molecule has 1 heterocycles. The highest BCUT2D eigenvalue weighted by atomic mass is 16.1. The van der Waals surface area contributed by atoms with Crippen LogP contribution < -0.4 is 0 Å². The summed E-state index contributed by atoms with van der Waals surface area (Å²) in [5.74, 6) is 2.62. The molecule has 0 aliphatic rings. The van der Waals surface area contributed by atoms with Gasteiger partial charge in [0.25, 0.3) is 0 Å². The molecule has 0 atom stereocenters. The number of rotatable bonds is 4. The zero-order valence-electron chi connectivity index (χ0n) is 7.36. The number of carbonyl (C=O) groups excluding carboxylic acids is 1. The molecule has 0 fully saturated rings. The fourth-order valence-corrected chi connectivity index (χ4v) is 1.03. The molecule has 2 heteroatoms. The lowest BCUT2D eigenvalue weighted by Crippen LogP contribution is -2.01. The number of aromatic nitrogens is 1. The number of nitrogens with zero attached hydrogens (tertiary/aromatic N) is 1. The van der Waals surface area contributed by atoms with Crippen LogP contribution in [-0.2, 0) is 11.2 Å². The Balaban J connectivity index is 2.42. The fourth-order valence-electron chi connectivity index (χ4n) is 1.03. The first kappa shape index (κ1) is 9.47. The van der Waals surface area contributed by atoms with Crippen molar-refractivity contribution in [2.24, 2.45) is 0 Å². The van der Waals surface area contributed by atoms with Crippen LogP contribution in [0.1, 0.15) is 18.4 Å². The maximum absolute atomic E-state index is 11.2. The van der Waals surface area contributed by atoms with Gasteiger partial charge < -0.3 is 0 Å². The predicted molar refractivity (Wildman–Crippen MR) is 51.0 cm³/mol. The molecule has 0 unspecified atom stereocenters. The average molecular weight is 173 g/mol. The standard InChI is InChI=1S/C11H11NO/c1-2-3-6-11(13)8-10-5-4-7-12-9-10/h1,4-5,7,9H,3,6,8H2. The van der Waals surface area contributed by atoms with Crippen molar-refractivity contribution in [2.75, 3.05) is 0 Å². The Morgan fingerprint density at radius 3 is 3.08 bits per heavy atom. The molecule has 0 radical (unpaired) electrons. The Hall–Kier alpha value is -1.62. The van der Waals surface area contributed by atoms with Gasteiger partial charge in [-0.15, -0.1) is 12.3 Å². The molecule has 0 amide bonds. The predicted octanol–water partition coefficient (Wildman–Crippen LogP) is 1.61. The summed E-state index contributed by atoms with van der Waals surface area (Å²) in [6, 6.07) is 3.71. The second-order valence-corrected chi connectivity index (χ2v) is 2.78. The molecule has 0 bridgehead atoms. The maximum Gasteiger partial charge on any atom is 0.138 e. The smallest absolute Gasteiger partial charge is 0.138 e. The van der Waals surface area contributed by atoms with Crippen LogP contribution in [0.15, 0.2) is 24.5 Å². The van der Waals surface area contributed by atoms with E-state index in [1.54, 1.807) is 12.4 Å². The van der Waals surface area contributed by atoms with Crippen molar-refractivity contribution in [3.05, 3.63) is 30.1 Å². The minimum Gasteiger partial charge on any atom is -0.299 e. The van der Waals surface area contributed by atoms with Gasteiger partial charge in [-0.25, -0.2) is 0 Å². The van der Waals surface area contributed by atoms with E-state index in [-0.39, 0.29) is 5.78 Å². The van der Waals surface area contributed by atoms with Crippen molar-refractivity contribution in [3.63, 3.8) is 0 Å². The third-order valence-corrected chi connectivity index (χ3v) is 1.67. The number of Topliss-reactive ketones (excluding diaryl/α,β-unsaturated/α-hetero) is 1. The summed E-state index contributed by atoms with van der Waals surface area (Å²) in [5, 5.41) is 0. The van der Waals surface area contributed by atoms with Gasteiger partial charge in [-0.3, -0.25) is 9.78 Å². The largest absolute Gasteiger partial charge is 0.299 e. The van der Waals surface area contributed by atoms with E-state index in [9.17, 15) is 4.79 Å². The van der Waals surface area contributed by atoms with Crippen LogP contribution in [0.4, 0.5) is 0 Å². The SMILES string of the molecule is C#CCCC(=O)Cc1cccnc1. The van der Waals surface area contributed by atoms with Crippen molar-refractivity contribution in [1.29, 1.82) is 0 Å². The van der Waals surface area contributed by atoms with Gasteiger partial charge in [0.05, 0.1) is 0 Å². The molecule has 0 spiro atoms. The number of terminal acetylenes is 1. The Morgan fingerprint density at radius 1 is 1.62 bits per heavy atom. The number of hydrogen-bond donors (Lipinski definition) is 0. The van der Waals surface area contributed by atoms with Crippen LogP contribution in [0.5, 0.6) is 0 Å². The molecule has 0 saturated heterocycles. The van der Waals surface area contributed by atoms with E-state index >= 15 is 0 Å². The van der Waals surface area contributed by atoms with Crippen LogP contribution in [-0.4, -0.2) is 10.8 Å². The topological polar surface area (TPSA) is 30.0 Å². The van der Waals surface area contributed by atoms with Crippen LogP contribution in [0.25, 0.3) is 0 Å². The minimum absolute atomic E-state index is 0.172. The summed E-state index contributed by atoms with van der Waals surface area (Å²) in [6.07, 6.45) is 9.88. The maximum atomic E-state index is 11.2. The van der Waals surface area contributed by atoms with E-state index in [0.717, 1.165) is 5.56 Å². The monoisotopic (exact) mass is 173 g/mol. The molecule has 2 nitrogen and oxygen atoms in total. The van der Waals surface area contributed by atoms with Gasteiger partial charge in [0, 0.05) is 31.7 Å². The molecule has 13 heavy (non-hydrogen) atoms. The van der Waals surface area contributed by atoms with Gasteiger partial charge in [0.15, 0.2) is 0 Å². The first-order valence-electron chi connectivity index (χ1n) is 4.17. The van der Waals surface area contributed by atoms with E-state index < -0.39 is 0 Å². The van der Waals surface area contributed by atoms with Crippen LogP contribution in [0.2, 0.25) is 0 Å². The lowest BCUT2D eigenvalue weighted by atomic mass is 10.1. The van der Waals surface area contributed by atoms with Crippen molar-refractivity contribution in [2.45, 2.75) is 19.3 Å². The van der Waals surface area contributed by atoms with Crippen LogP contribution in [0, 0.1) is 12.3 Å². The van der Waals surface area contributed by atoms with Crippen molar-refractivity contribution < 1.29 is 4.79 Å². The summed E-state index contributed by atoms with van der Waals surface area (Å²) in [6.45, 7) is 0. The van der Waals surface area contributed by atoms with E-state index in [0.29, 0.717) is 19.3 Å². The number of carbonyl (C=O) groups is 1. The van der Waals surface area contributed by atoms with E-state index in [1.165, 1.54) is 0 Å². The van der Waals surface area contributed by atoms with Gasteiger partial charge in [0.2, 0.25) is 0 Å². The van der Waals surface area contributed by atoms with Gasteiger partial charge in [-0.05, 0) is 11.6 Å². The fraction of sp³-hybridized carbons (Fsp3) is 0.273. The van der Waals surface area contributed by atoms with E-state index in [1.807, 2.05) is 12.1 Å². The van der Waals surface area contributed by atoms with Gasteiger partial charge >= 0.3 is 0 Å². The molecule has 0 saturated carbocycles. The third kappa shape index (κ3) is 3.53. The molecule has 1 rings (SSSR count). The molecule has 0 N–H and O–H groups in total. The highest BCUT2D eigenvalue weighted by molar-refractivity contribution is 5.80. The van der Waals surface area contributed by atoms with E-state index in [4.69, 9.17) is 6.42 Å². The minimum atomic E-state index is 0.172. The molecular weight excluding hydrogens is 162 g/mol. The Kier molecular flexibility index (Phi) is 3.72. The summed E-state index contributed by atoms with van der Waals surface area (Å²) in [4.78, 5) is 15.2. The quantitative estimate of drug-likeness (QED) is 0.647. The molecule has 1 aromatic heterocycles. The van der Waals surface area contributed by atoms with Crippen LogP contribution >= 0.6 is 0 Å². The second kappa shape index (κ2) is 5.10. The molecule has 66 valence electrons. The van der Waals surface area contributed by atoms with Gasteiger partial charge in [-0.1, -0.05) is 6.07 Å². The van der Waals surface area contributed by atoms with Crippen LogP contribution in [0.3, 0.4) is 0 Å². The molecule has 0 aliphatic carbocycles. The first-order valence-corrected chi connectivity index (χ1v) is 4.17. The summed E-state index contributed by atoms with van der Waals surface area (Å²) in [5.41, 5.74) is 0.949. The zero-order valence-corrected chi connectivity index (χ0v) is 7.36. The Labute approximate surface area is 78.0 Å². The Bertz CT molecular complexity index is 311.